The van der Waals surface area contributed by atoms with Gasteiger partial charge in [-0.05, 0) is 12.1 Å². The third-order valence-electron chi connectivity index (χ3n) is 2.09. The van der Waals surface area contributed by atoms with Gasteiger partial charge in [-0.3, -0.25) is 4.68 Å². The Bertz CT molecular complexity index is 497. The normalized spacial score (nSPS) is 10.7. The Kier molecular flexibility index (Phi) is 3.17. The van der Waals surface area contributed by atoms with Crippen molar-refractivity contribution < 1.29 is 4.74 Å². The smallest absolute Gasteiger partial charge is 0.179 e. The first kappa shape index (κ1) is 11.0. The molecule has 6 heteroatoms. The van der Waals surface area contributed by atoms with Crippen LogP contribution < -0.4 is 0 Å². The molecule has 0 saturated heterocycles. The maximum atomic E-state index is 5.92. The molecule has 84 valence electrons. The zero-order chi connectivity index (χ0) is 11.5. The molecule has 0 aliphatic rings. The molecule has 2 heterocycles. The molecule has 0 spiro atoms. The van der Waals surface area contributed by atoms with E-state index in [1.807, 2.05) is 13.1 Å². The molecule has 0 saturated carbocycles. The monoisotopic (exact) mass is 238 g/mol. The molecule has 0 bridgehead atoms. The van der Waals surface area contributed by atoms with Gasteiger partial charge in [0.2, 0.25) is 0 Å². The van der Waals surface area contributed by atoms with E-state index in [0.29, 0.717) is 17.6 Å². The standard InChI is InChI=1S/C10H11ClN4O/c1-15-8(3-4-12-15)10-13-7(6-16-2)5-9(11)14-10/h3-5H,6H2,1-2H3. The molecular weight excluding hydrogens is 228 g/mol. The van der Waals surface area contributed by atoms with Crippen LogP contribution in [0.4, 0.5) is 0 Å². The first-order chi connectivity index (χ1) is 7.70. The van der Waals surface area contributed by atoms with Gasteiger partial charge in [-0.15, -0.1) is 0 Å². The van der Waals surface area contributed by atoms with E-state index in [9.17, 15) is 0 Å². The molecule has 0 amide bonds. The van der Waals surface area contributed by atoms with Gasteiger partial charge in [-0.25, -0.2) is 9.97 Å². The number of nitrogens with zero attached hydrogens (tertiary/aromatic N) is 4. The second-order valence-electron chi connectivity index (χ2n) is 3.28. The first-order valence-electron chi connectivity index (χ1n) is 4.71. The third-order valence-corrected chi connectivity index (χ3v) is 2.28. The number of halogens is 1. The lowest BCUT2D eigenvalue weighted by Crippen LogP contribution is -2.01. The number of ether oxygens (including phenoxy) is 1. The molecule has 0 aromatic carbocycles. The van der Waals surface area contributed by atoms with Gasteiger partial charge < -0.3 is 4.74 Å². The van der Waals surface area contributed by atoms with Crippen molar-refractivity contribution in [2.24, 2.45) is 7.05 Å². The van der Waals surface area contributed by atoms with Crippen molar-refractivity contribution in [2.75, 3.05) is 7.11 Å². The van der Waals surface area contributed by atoms with Crippen molar-refractivity contribution in [2.45, 2.75) is 6.61 Å². The number of hydrogen-bond acceptors (Lipinski definition) is 4. The van der Waals surface area contributed by atoms with Crippen LogP contribution in [0, 0.1) is 0 Å². The van der Waals surface area contributed by atoms with E-state index in [1.165, 1.54) is 0 Å². The van der Waals surface area contributed by atoms with E-state index in [1.54, 1.807) is 24.1 Å². The second kappa shape index (κ2) is 4.59. The highest BCUT2D eigenvalue weighted by Gasteiger charge is 2.08. The second-order valence-corrected chi connectivity index (χ2v) is 3.67. The Morgan fingerprint density at radius 3 is 2.88 bits per heavy atom. The van der Waals surface area contributed by atoms with Gasteiger partial charge in [-0.1, -0.05) is 11.6 Å². The van der Waals surface area contributed by atoms with Gasteiger partial charge in [0, 0.05) is 20.4 Å². The number of rotatable bonds is 3. The van der Waals surface area contributed by atoms with Crippen LogP contribution in [-0.2, 0) is 18.4 Å². The van der Waals surface area contributed by atoms with Gasteiger partial charge in [-0.2, -0.15) is 5.10 Å². The lowest BCUT2D eigenvalue weighted by molar-refractivity contribution is 0.181. The third kappa shape index (κ3) is 2.20. The molecule has 5 nitrogen and oxygen atoms in total. The maximum Gasteiger partial charge on any atom is 0.179 e. The summed E-state index contributed by atoms with van der Waals surface area (Å²) < 4.78 is 6.71. The fraction of sp³-hybridized carbons (Fsp3) is 0.300. The molecule has 16 heavy (non-hydrogen) atoms. The van der Waals surface area contributed by atoms with Crippen molar-refractivity contribution in [1.82, 2.24) is 19.7 Å². The summed E-state index contributed by atoms with van der Waals surface area (Å²) in [6, 6.07) is 3.52. The van der Waals surface area contributed by atoms with E-state index < -0.39 is 0 Å². The van der Waals surface area contributed by atoms with Gasteiger partial charge in [0.05, 0.1) is 12.3 Å². The van der Waals surface area contributed by atoms with Gasteiger partial charge in [0.1, 0.15) is 10.8 Å². The molecule has 0 atom stereocenters. The molecule has 2 rings (SSSR count). The predicted molar refractivity (Wildman–Crippen MR) is 60.0 cm³/mol. The van der Waals surface area contributed by atoms with Crippen LogP contribution in [0.15, 0.2) is 18.3 Å². The van der Waals surface area contributed by atoms with E-state index in [4.69, 9.17) is 16.3 Å². The SMILES string of the molecule is COCc1cc(Cl)nc(-c2ccnn2C)n1. The Morgan fingerprint density at radius 2 is 2.25 bits per heavy atom. The average Bonchev–Trinajstić information content (AvgIpc) is 2.64. The predicted octanol–water partition coefficient (Wildman–Crippen LogP) is 1.68. The number of hydrogen-bond donors (Lipinski definition) is 0. The van der Waals surface area contributed by atoms with Crippen LogP contribution in [0.5, 0.6) is 0 Å². The first-order valence-corrected chi connectivity index (χ1v) is 5.09. The van der Waals surface area contributed by atoms with Crippen molar-refractivity contribution in [3.8, 4) is 11.5 Å². The molecule has 0 N–H and O–H groups in total. The highest BCUT2D eigenvalue weighted by Crippen LogP contribution is 2.17. The Hall–Kier alpha value is -1.46. The van der Waals surface area contributed by atoms with E-state index in [0.717, 1.165) is 11.4 Å². The molecule has 0 unspecified atom stereocenters. The van der Waals surface area contributed by atoms with E-state index in [2.05, 4.69) is 15.1 Å². The molecular formula is C10H11ClN4O. The Labute approximate surface area is 98.0 Å². The van der Waals surface area contributed by atoms with Crippen LogP contribution in [0.1, 0.15) is 5.69 Å². The van der Waals surface area contributed by atoms with Crippen molar-refractivity contribution in [1.29, 1.82) is 0 Å². The van der Waals surface area contributed by atoms with Crippen LogP contribution in [0.3, 0.4) is 0 Å². The summed E-state index contributed by atoms with van der Waals surface area (Å²) in [6.07, 6.45) is 1.69. The topological polar surface area (TPSA) is 52.8 Å². The summed E-state index contributed by atoms with van der Waals surface area (Å²) >= 11 is 5.92. The zero-order valence-electron chi connectivity index (χ0n) is 9.01. The molecule has 0 aliphatic heterocycles. The summed E-state index contributed by atoms with van der Waals surface area (Å²) in [4.78, 5) is 8.50. The highest BCUT2D eigenvalue weighted by atomic mass is 35.5. The Morgan fingerprint density at radius 1 is 1.44 bits per heavy atom. The van der Waals surface area contributed by atoms with Crippen molar-refractivity contribution in [3.05, 3.63) is 29.2 Å². The lowest BCUT2D eigenvalue weighted by atomic mass is 10.3. The van der Waals surface area contributed by atoms with E-state index in [-0.39, 0.29) is 0 Å². The summed E-state index contributed by atoms with van der Waals surface area (Å²) in [6.45, 7) is 0.410. The molecule has 2 aromatic heterocycles. The molecule has 0 radical (unpaired) electrons. The minimum absolute atomic E-state index is 0.401. The fourth-order valence-corrected chi connectivity index (χ4v) is 1.60. The van der Waals surface area contributed by atoms with E-state index >= 15 is 0 Å². The van der Waals surface area contributed by atoms with Crippen LogP contribution in [0.2, 0.25) is 5.15 Å². The molecule has 2 aromatic rings. The van der Waals surface area contributed by atoms with Gasteiger partial charge in [0.15, 0.2) is 5.82 Å². The summed E-state index contributed by atoms with van der Waals surface area (Å²) in [7, 11) is 3.44. The van der Waals surface area contributed by atoms with Crippen molar-refractivity contribution in [3.63, 3.8) is 0 Å². The number of aromatic nitrogens is 4. The molecule has 0 fully saturated rings. The number of methoxy groups -OCH3 is 1. The van der Waals surface area contributed by atoms with Crippen LogP contribution in [0.25, 0.3) is 11.5 Å². The lowest BCUT2D eigenvalue weighted by Gasteiger charge is -2.04. The Balaban J connectivity index is 2.45. The zero-order valence-corrected chi connectivity index (χ0v) is 9.77. The minimum Gasteiger partial charge on any atom is -0.378 e. The largest absolute Gasteiger partial charge is 0.378 e. The summed E-state index contributed by atoms with van der Waals surface area (Å²) in [5, 5.41) is 4.46. The van der Waals surface area contributed by atoms with Crippen LogP contribution in [-0.4, -0.2) is 26.9 Å². The quantitative estimate of drug-likeness (QED) is 0.764. The molecule has 0 aliphatic carbocycles. The van der Waals surface area contributed by atoms with Crippen LogP contribution >= 0.6 is 11.6 Å². The van der Waals surface area contributed by atoms with Gasteiger partial charge >= 0.3 is 0 Å². The fourth-order valence-electron chi connectivity index (χ4n) is 1.39. The number of aryl methyl sites for hydroxylation is 1. The maximum absolute atomic E-state index is 5.92. The highest BCUT2D eigenvalue weighted by molar-refractivity contribution is 6.29. The minimum atomic E-state index is 0.401. The van der Waals surface area contributed by atoms with Gasteiger partial charge in [0.25, 0.3) is 0 Å². The summed E-state index contributed by atoms with van der Waals surface area (Å²) in [5.41, 5.74) is 1.57. The average molecular weight is 239 g/mol. The summed E-state index contributed by atoms with van der Waals surface area (Å²) in [5.74, 6) is 0.555. The van der Waals surface area contributed by atoms with Crippen molar-refractivity contribution >= 4 is 11.6 Å².